The summed E-state index contributed by atoms with van der Waals surface area (Å²) in [5.74, 6) is 2.78. The number of rotatable bonds is 0. The molecule has 3 unspecified atom stereocenters. The first kappa shape index (κ1) is 14.6. The van der Waals surface area contributed by atoms with Crippen molar-refractivity contribution in [2.75, 3.05) is 0 Å². The lowest BCUT2D eigenvalue weighted by atomic mass is 9.47. The van der Waals surface area contributed by atoms with E-state index >= 15 is 0 Å². The Bertz CT molecular complexity index is 612. The number of allylic oxidation sites excluding steroid dienone is 5. The predicted molar refractivity (Wildman–Crippen MR) is 93.5 cm³/mol. The van der Waals surface area contributed by atoms with Crippen LogP contribution in [-0.2, 0) is 0 Å². The molecule has 0 saturated heterocycles. The Morgan fingerprint density at radius 2 is 1.91 bits per heavy atom. The van der Waals surface area contributed by atoms with Gasteiger partial charge in [0.15, 0.2) is 0 Å². The highest BCUT2D eigenvalue weighted by molar-refractivity contribution is 5.35. The van der Waals surface area contributed by atoms with Gasteiger partial charge < -0.3 is 0 Å². The van der Waals surface area contributed by atoms with Crippen LogP contribution >= 0.6 is 0 Å². The summed E-state index contributed by atoms with van der Waals surface area (Å²) in [6, 6.07) is 0. The van der Waals surface area contributed by atoms with Gasteiger partial charge in [0.1, 0.15) is 0 Å². The van der Waals surface area contributed by atoms with Crippen LogP contribution in [0.3, 0.4) is 0 Å². The van der Waals surface area contributed by atoms with Crippen molar-refractivity contribution in [2.45, 2.75) is 65.7 Å². The van der Waals surface area contributed by atoms with E-state index in [0.717, 1.165) is 17.8 Å². The van der Waals surface area contributed by atoms with Gasteiger partial charge in [-0.05, 0) is 86.0 Å². The maximum absolute atomic E-state index is 3.87. The molecule has 4 aliphatic rings. The Morgan fingerprint density at radius 3 is 2.68 bits per heavy atom. The molecular weight excluding hydrogens is 264 g/mol. The van der Waals surface area contributed by atoms with Gasteiger partial charge in [0, 0.05) is 0 Å². The van der Waals surface area contributed by atoms with E-state index in [1.165, 1.54) is 50.5 Å². The van der Waals surface area contributed by atoms with E-state index in [-0.39, 0.29) is 0 Å². The zero-order chi connectivity index (χ0) is 15.5. The van der Waals surface area contributed by atoms with Gasteiger partial charge in [0.2, 0.25) is 0 Å². The zero-order valence-electron chi connectivity index (χ0n) is 14.5. The van der Waals surface area contributed by atoms with E-state index in [2.05, 4.69) is 45.2 Å². The molecule has 4 aliphatic carbocycles. The summed E-state index contributed by atoms with van der Waals surface area (Å²) < 4.78 is 0. The molecule has 0 bridgehead atoms. The monoisotopic (exact) mass is 294 g/mol. The van der Waals surface area contributed by atoms with Crippen LogP contribution in [0.5, 0.6) is 0 Å². The van der Waals surface area contributed by atoms with Crippen LogP contribution in [0.25, 0.3) is 0 Å². The van der Waals surface area contributed by atoms with Crippen molar-refractivity contribution in [3.63, 3.8) is 0 Å². The molecule has 0 heteroatoms. The molecule has 2 fully saturated rings. The summed E-state index contributed by atoms with van der Waals surface area (Å²) in [5, 5.41) is 0. The molecule has 5 atom stereocenters. The second kappa shape index (κ2) is 4.75. The first-order valence-corrected chi connectivity index (χ1v) is 9.26. The van der Waals surface area contributed by atoms with Crippen molar-refractivity contribution in [1.82, 2.24) is 0 Å². The standard InChI is InChI=1S/C22H30/c1-5-16-10-12-22(4)17(14-16)7-8-18-19-9-6-15(2)21(19,3)13-11-20(18)22/h6,14,18-20H,1,7-13H2,2-4H3/t18?,19?,20?,21-,22+/m1/s1. The second-order valence-corrected chi connectivity index (χ2v) is 8.78. The van der Waals surface area contributed by atoms with Crippen molar-refractivity contribution >= 4 is 0 Å². The Morgan fingerprint density at radius 1 is 1.09 bits per heavy atom. The van der Waals surface area contributed by atoms with Gasteiger partial charge in [0.25, 0.3) is 0 Å². The molecule has 0 nitrogen and oxygen atoms in total. The van der Waals surface area contributed by atoms with Gasteiger partial charge >= 0.3 is 0 Å². The van der Waals surface area contributed by atoms with Crippen LogP contribution in [0.1, 0.15) is 65.7 Å². The fraction of sp³-hybridized carbons (Fsp3) is 0.682. The quantitative estimate of drug-likeness (QED) is 0.367. The molecule has 0 aromatic heterocycles. The summed E-state index contributed by atoms with van der Waals surface area (Å²) >= 11 is 0. The molecule has 0 aliphatic heterocycles. The first-order valence-electron chi connectivity index (χ1n) is 9.26. The lowest BCUT2D eigenvalue weighted by molar-refractivity contribution is -0.0267. The molecule has 0 aromatic rings. The van der Waals surface area contributed by atoms with E-state index in [1.54, 1.807) is 11.1 Å². The smallest absolute Gasteiger partial charge is 0.00665 e. The number of hydrogen-bond acceptors (Lipinski definition) is 0. The molecule has 0 radical (unpaired) electrons. The van der Waals surface area contributed by atoms with Crippen LogP contribution in [0.2, 0.25) is 0 Å². The van der Waals surface area contributed by atoms with Crippen molar-refractivity contribution in [3.05, 3.63) is 41.2 Å². The second-order valence-electron chi connectivity index (χ2n) is 8.78. The average Bonchev–Trinajstić information content (AvgIpc) is 2.82. The summed E-state index contributed by atoms with van der Waals surface area (Å²) in [5.41, 5.74) is 8.88. The normalized spacial score (nSPS) is 46.9. The molecule has 118 valence electrons. The highest BCUT2D eigenvalue weighted by Gasteiger charge is 2.56. The van der Waals surface area contributed by atoms with Gasteiger partial charge in [-0.25, -0.2) is 0 Å². The summed E-state index contributed by atoms with van der Waals surface area (Å²) in [6.45, 7) is 11.4. The molecule has 0 heterocycles. The van der Waals surface area contributed by atoms with Gasteiger partial charge in [-0.3, -0.25) is 0 Å². The summed E-state index contributed by atoms with van der Waals surface area (Å²) in [4.78, 5) is 0. The first-order chi connectivity index (χ1) is 10.5. The molecule has 0 N–H and O–H groups in total. The molecule has 0 aromatic carbocycles. The van der Waals surface area contributed by atoms with Crippen molar-refractivity contribution < 1.29 is 0 Å². The lowest BCUT2D eigenvalue weighted by Crippen LogP contribution is -2.49. The van der Waals surface area contributed by atoms with Crippen molar-refractivity contribution in [3.8, 4) is 0 Å². The maximum atomic E-state index is 3.87. The molecule has 2 saturated carbocycles. The van der Waals surface area contributed by atoms with Crippen molar-refractivity contribution in [1.29, 1.82) is 0 Å². The lowest BCUT2D eigenvalue weighted by Gasteiger charge is -2.58. The molecule has 0 amide bonds. The van der Waals surface area contributed by atoms with Gasteiger partial charge in [-0.15, -0.1) is 5.73 Å². The summed E-state index contributed by atoms with van der Waals surface area (Å²) in [6.07, 6.45) is 14.4. The Hall–Kier alpha value is -1.00. The predicted octanol–water partition coefficient (Wildman–Crippen LogP) is 6.22. The summed E-state index contributed by atoms with van der Waals surface area (Å²) in [7, 11) is 0. The minimum atomic E-state index is 0.459. The van der Waals surface area contributed by atoms with Gasteiger partial charge in [-0.1, -0.05) is 43.7 Å². The van der Waals surface area contributed by atoms with Crippen LogP contribution in [-0.4, -0.2) is 0 Å². The third-order valence-corrected chi connectivity index (χ3v) is 8.19. The highest BCUT2D eigenvalue weighted by atomic mass is 14.6. The minimum Gasteiger partial charge on any atom is -0.125 e. The molecule has 4 rings (SSSR count). The van der Waals surface area contributed by atoms with Crippen molar-refractivity contribution in [2.24, 2.45) is 28.6 Å². The van der Waals surface area contributed by atoms with E-state index in [9.17, 15) is 0 Å². The van der Waals surface area contributed by atoms with Crippen LogP contribution in [0, 0.1) is 28.6 Å². The average molecular weight is 294 g/mol. The highest BCUT2D eigenvalue weighted by Crippen LogP contribution is 2.65. The zero-order valence-corrected chi connectivity index (χ0v) is 14.5. The maximum Gasteiger partial charge on any atom is -0.00665 e. The fourth-order valence-corrected chi connectivity index (χ4v) is 6.51. The van der Waals surface area contributed by atoms with E-state index in [4.69, 9.17) is 0 Å². The van der Waals surface area contributed by atoms with Crippen LogP contribution in [0.15, 0.2) is 41.2 Å². The SMILES string of the molecule is C=C=C1C=C2CCC3C(CC[C@]4(C)C(C)=CCC34)[C@@]2(C)CC1. The Labute approximate surface area is 136 Å². The fourth-order valence-electron chi connectivity index (χ4n) is 6.51. The molecule has 0 spiro atoms. The topological polar surface area (TPSA) is 0 Å². The molecular formula is C22H30. The Kier molecular flexibility index (Phi) is 3.15. The van der Waals surface area contributed by atoms with Gasteiger partial charge in [-0.2, -0.15) is 0 Å². The minimum absolute atomic E-state index is 0.459. The third-order valence-electron chi connectivity index (χ3n) is 8.19. The van der Waals surface area contributed by atoms with E-state index < -0.39 is 0 Å². The van der Waals surface area contributed by atoms with Gasteiger partial charge in [0.05, 0.1) is 0 Å². The van der Waals surface area contributed by atoms with Crippen LogP contribution in [0.4, 0.5) is 0 Å². The third kappa shape index (κ3) is 1.77. The number of hydrogen-bond donors (Lipinski definition) is 0. The van der Waals surface area contributed by atoms with E-state index in [1.807, 2.05) is 0 Å². The number of fused-ring (bicyclic) bond motifs is 5. The largest absolute Gasteiger partial charge is 0.125 e. The molecule has 22 heavy (non-hydrogen) atoms. The van der Waals surface area contributed by atoms with Crippen LogP contribution < -0.4 is 0 Å². The van der Waals surface area contributed by atoms with E-state index in [0.29, 0.717) is 10.8 Å². The Balaban J connectivity index is 1.69.